The van der Waals surface area contributed by atoms with Crippen molar-refractivity contribution in [1.82, 2.24) is 10.7 Å². The van der Waals surface area contributed by atoms with Gasteiger partial charge in [0.05, 0.1) is 9.75 Å². The van der Waals surface area contributed by atoms with Crippen LogP contribution in [0.3, 0.4) is 0 Å². The maximum absolute atomic E-state index is 12.0. The normalized spacial score (nSPS) is 12.6. The summed E-state index contributed by atoms with van der Waals surface area (Å²) in [6.45, 7) is 5.15. The molecule has 1 unspecified atom stereocenters. The van der Waals surface area contributed by atoms with Gasteiger partial charge in [-0.15, -0.1) is 11.3 Å². The van der Waals surface area contributed by atoms with Gasteiger partial charge in [-0.25, -0.2) is 10.6 Å². The third-order valence-electron chi connectivity index (χ3n) is 2.57. The van der Waals surface area contributed by atoms with E-state index in [1.807, 2.05) is 5.43 Å². The van der Waals surface area contributed by atoms with Crippen LogP contribution in [0.1, 0.15) is 40.1 Å². The van der Waals surface area contributed by atoms with E-state index in [0.717, 1.165) is 11.3 Å². The summed E-state index contributed by atoms with van der Waals surface area (Å²) in [5.41, 5.74) is 1.33. The number of carboxylic acid groups (broad SMARTS) is 1. The number of nitrogens with one attached hydrogen (secondary N) is 2. The number of carbonyl (C=O) groups excluding carboxylic acids is 2. The van der Waals surface area contributed by atoms with Crippen molar-refractivity contribution in [2.75, 3.05) is 0 Å². The first-order chi connectivity index (χ1) is 9.16. The zero-order valence-corrected chi connectivity index (χ0v) is 12.2. The minimum Gasteiger partial charge on any atom is -0.480 e. The topological polar surface area (TPSA) is 122 Å². The maximum Gasteiger partial charge on any atom is 0.326 e. The van der Waals surface area contributed by atoms with E-state index < -0.39 is 29.2 Å². The van der Waals surface area contributed by atoms with Crippen LogP contribution in [0.2, 0.25) is 0 Å². The van der Waals surface area contributed by atoms with E-state index in [1.165, 1.54) is 12.1 Å². The number of hydrogen-bond donors (Lipinski definition) is 4. The highest BCUT2D eigenvalue weighted by Gasteiger charge is 2.33. The molecule has 0 aliphatic heterocycles. The molecule has 20 heavy (non-hydrogen) atoms. The van der Waals surface area contributed by atoms with Crippen LogP contribution < -0.4 is 16.6 Å². The van der Waals surface area contributed by atoms with E-state index in [2.05, 4.69) is 5.32 Å². The number of hydrazine groups is 1. The van der Waals surface area contributed by atoms with E-state index >= 15 is 0 Å². The van der Waals surface area contributed by atoms with Crippen LogP contribution in [0.4, 0.5) is 0 Å². The molecule has 0 spiro atoms. The third-order valence-corrected chi connectivity index (χ3v) is 3.66. The zero-order valence-electron chi connectivity index (χ0n) is 11.4. The second kappa shape index (κ2) is 6.02. The summed E-state index contributed by atoms with van der Waals surface area (Å²) in [5.74, 6) is 2.85. The molecule has 5 N–H and O–H groups in total. The molecular weight excluding hydrogens is 282 g/mol. The second-order valence-corrected chi connectivity index (χ2v) is 6.33. The predicted octanol–water partition coefficient (Wildman–Crippen LogP) is 0.581. The highest BCUT2D eigenvalue weighted by atomic mass is 32.1. The lowest BCUT2D eigenvalue weighted by Crippen LogP contribution is -2.48. The largest absolute Gasteiger partial charge is 0.480 e. The van der Waals surface area contributed by atoms with Gasteiger partial charge in [0.1, 0.15) is 6.04 Å². The molecule has 7 nitrogen and oxygen atoms in total. The van der Waals surface area contributed by atoms with Gasteiger partial charge in [-0.1, -0.05) is 20.8 Å². The standard InChI is InChI=1S/C12H17N3O4S/c1-12(2,3)8(11(18)19)14-9(16)6-4-5-7(20-6)10(17)15-13/h4-5,8H,13H2,1-3H3,(H,14,16)(H,15,17)(H,18,19). The molecule has 0 aliphatic rings. The van der Waals surface area contributed by atoms with Crippen LogP contribution in [-0.2, 0) is 4.79 Å². The van der Waals surface area contributed by atoms with E-state index in [4.69, 9.17) is 10.9 Å². The second-order valence-electron chi connectivity index (χ2n) is 5.25. The van der Waals surface area contributed by atoms with Gasteiger partial charge in [-0.2, -0.15) is 0 Å². The number of hydrogen-bond acceptors (Lipinski definition) is 5. The molecule has 0 aliphatic carbocycles. The Labute approximate surface area is 120 Å². The molecule has 1 aromatic rings. The number of nitrogens with two attached hydrogens (primary N) is 1. The number of carboxylic acids is 1. The number of carbonyl (C=O) groups is 3. The first kappa shape index (κ1) is 16.1. The summed E-state index contributed by atoms with van der Waals surface area (Å²) in [4.78, 5) is 35.0. The maximum atomic E-state index is 12.0. The van der Waals surface area contributed by atoms with Crippen molar-refractivity contribution in [3.63, 3.8) is 0 Å². The minimum absolute atomic E-state index is 0.249. The number of nitrogen functional groups attached to an aromatic ring is 1. The SMILES string of the molecule is CC(C)(C)C(NC(=O)c1ccc(C(=O)NN)s1)C(=O)O. The Hall–Kier alpha value is -1.93. The number of thiophene rings is 1. The lowest BCUT2D eigenvalue weighted by atomic mass is 9.87. The van der Waals surface area contributed by atoms with Crippen molar-refractivity contribution in [1.29, 1.82) is 0 Å². The smallest absolute Gasteiger partial charge is 0.326 e. The molecule has 1 heterocycles. The van der Waals surface area contributed by atoms with Crippen LogP contribution >= 0.6 is 11.3 Å². The fourth-order valence-electron chi connectivity index (χ4n) is 1.50. The van der Waals surface area contributed by atoms with Gasteiger partial charge >= 0.3 is 5.97 Å². The predicted molar refractivity (Wildman–Crippen MR) is 74.3 cm³/mol. The van der Waals surface area contributed by atoms with Crippen molar-refractivity contribution >= 4 is 29.1 Å². The van der Waals surface area contributed by atoms with E-state index in [0.29, 0.717) is 0 Å². The molecule has 8 heteroatoms. The highest BCUT2D eigenvalue weighted by Crippen LogP contribution is 2.21. The molecule has 110 valence electrons. The fraction of sp³-hybridized carbons (Fsp3) is 0.417. The molecule has 0 fully saturated rings. The minimum atomic E-state index is -1.11. The van der Waals surface area contributed by atoms with Gasteiger partial charge in [0.25, 0.3) is 11.8 Å². The van der Waals surface area contributed by atoms with E-state index in [-0.39, 0.29) is 9.75 Å². The lowest BCUT2D eigenvalue weighted by molar-refractivity contribution is -0.142. The Balaban J connectivity index is 2.88. The number of aliphatic carboxylic acids is 1. The Morgan fingerprint density at radius 1 is 1.20 bits per heavy atom. The molecule has 1 atom stereocenters. The summed E-state index contributed by atoms with van der Waals surface area (Å²) in [6, 6.07) is 1.88. The zero-order chi connectivity index (χ0) is 15.5. The summed E-state index contributed by atoms with van der Waals surface area (Å²) >= 11 is 0.941. The van der Waals surface area contributed by atoms with Crippen molar-refractivity contribution < 1.29 is 19.5 Å². The van der Waals surface area contributed by atoms with Crippen LogP contribution in [-0.4, -0.2) is 28.9 Å². The lowest BCUT2D eigenvalue weighted by Gasteiger charge is -2.27. The summed E-state index contributed by atoms with van der Waals surface area (Å²) in [6.07, 6.45) is 0. The molecule has 0 radical (unpaired) electrons. The number of rotatable bonds is 4. The van der Waals surface area contributed by atoms with Gasteiger partial charge < -0.3 is 10.4 Å². The van der Waals surface area contributed by atoms with Crippen molar-refractivity contribution in [3.8, 4) is 0 Å². The highest BCUT2D eigenvalue weighted by molar-refractivity contribution is 7.15. The summed E-state index contributed by atoms with van der Waals surface area (Å²) < 4.78 is 0. The molecule has 1 rings (SSSR count). The Bertz CT molecular complexity index is 533. The monoisotopic (exact) mass is 299 g/mol. The van der Waals surface area contributed by atoms with Crippen molar-refractivity contribution in [2.24, 2.45) is 11.3 Å². The fourth-order valence-corrected chi connectivity index (χ4v) is 2.32. The quantitative estimate of drug-likeness (QED) is 0.368. The molecule has 0 aromatic carbocycles. The molecule has 0 saturated heterocycles. The van der Waals surface area contributed by atoms with Crippen LogP contribution in [0.5, 0.6) is 0 Å². The van der Waals surface area contributed by atoms with Crippen LogP contribution in [0.15, 0.2) is 12.1 Å². The molecule has 0 bridgehead atoms. The first-order valence-corrected chi connectivity index (χ1v) is 6.63. The number of amides is 2. The Morgan fingerprint density at radius 2 is 1.70 bits per heavy atom. The van der Waals surface area contributed by atoms with E-state index in [1.54, 1.807) is 20.8 Å². The van der Waals surface area contributed by atoms with E-state index in [9.17, 15) is 14.4 Å². The Morgan fingerprint density at radius 3 is 2.10 bits per heavy atom. The average Bonchev–Trinajstić information content (AvgIpc) is 2.82. The van der Waals surface area contributed by atoms with Gasteiger partial charge in [-0.3, -0.25) is 15.0 Å². The molecular formula is C12H17N3O4S. The summed E-state index contributed by atoms with van der Waals surface area (Å²) in [5, 5.41) is 11.6. The van der Waals surface area contributed by atoms with Crippen LogP contribution in [0, 0.1) is 5.41 Å². The Kier molecular flexibility index (Phi) is 4.85. The van der Waals surface area contributed by atoms with Gasteiger partial charge in [0.2, 0.25) is 0 Å². The average molecular weight is 299 g/mol. The van der Waals surface area contributed by atoms with Crippen molar-refractivity contribution in [3.05, 3.63) is 21.9 Å². The molecule has 1 aromatic heterocycles. The summed E-state index contributed by atoms with van der Waals surface area (Å²) in [7, 11) is 0. The first-order valence-electron chi connectivity index (χ1n) is 5.81. The van der Waals surface area contributed by atoms with Gasteiger partial charge in [0.15, 0.2) is 0 Å². The molecule has 2 amide bonds. The molecule has 0 saturated carbocycles. The van der Waals surface area contributed by atoms with Gasteiger partial charge in [0, 0.05) is 0 Å². The van der Waals surface area contributed by atoms with Crippen molar-refractivity contribution in [2.45, 2.75) is 26.8 Å². The van der Waals surface area contributed by atoms with Crippen LogP contribution in [0.25, 0.3) is 0 Å². The third kappa shape index (κ3) is 3.78. The van der Waals surface area contributed by atoms with Gasteiger partial charge in [-0.05, 0) is 17.5 Å².